The van der Waals surface area contributed by atoms with Crippen LogP contribution >= 0.6 is 11.6 Å². The molecule has 3 aromatic carbocycles. The van der Waals surface area contributed by atoms with Crippen LogP contribution in [0, 0.1) is 6.92 Å². The molecule has 4 rings (SSSR count). The van der Waals surface area contributed by atoms with Gasteiger partial charge in [0.25, 0.3) is 17.7 Å². The van der Waals surface area contributed by atoms with E-state index in [1.165, 1.54) is 18.2 Å². The lowest BCUT2D eigenvalue weighted by molar-refractivity contribution is -0.122. The van der Waals surface area contributed by atoms with Gasteiger partial charge in [0.1, 0.15) is 11.3 Å². The Hall–Kier alpha value is -4.83. The molecule has 0 aliphatic carbocycles. The second kappa shape index (κ2) is 13.0. The molecule has 5 amide bonds. The largest absolute Gasteiger partial charge is 0.494 e. The normalized spacial score (nSPS) is 14.1. The van der Waals surface area contributed by atoms with Crippen LogP contribution in [0.4, 0.5) is 16.2 Å². The van der Waals surface area contributed by atoms with Gasteiger partial charge in [-0.2, -0.15) is 0 Å². The predicted molar refractivity (Wildman–Crippen MR) is 155 cm³/mol. The Balaban J connectivity index is 1.56. The highest BCUT2D eigenvalue weighted by molar-refractivity contribution is 6.39. The molecule has 0 spiro atoms. The van der Waals surface area contributed by atoms with Gasteiger partial charge in [0.05, 0.1) is 23.9 Å². The highest BCUT2D eigenvalue weighted by Gasteiger charge is 2.37. The van der Waals surface area contributed by atoms with Crippen LogP contribution in [0.1, 0.15) is 25.0 Å². The van der Waals surface area contributed by atoms with Crippen molar-refractivity contribution < 1.29 is 33.4 Å². The molecule has 1 aliphatic heterocycles. The first kappa shape index (κ1) is 29.2. The average molecular weight is 578 g/mol. The minimum atomic E-state index is -0.873. The summed E-state index contributed by atoms with van der Waals surface area (Å²) < 4.78 is 16.8. The van der Waals surface area contributed by atoms with Crippen molar-refractivity contribution in [1.82, 2.24) is 5.32 Å². The van der Waals surface area contributed by atoms with Gasteiger partial charge < -0.3 is 19.5 Å². The van der Waals surface area contributed by atoms with Crippen molar-refractivity contribution in [3.05, 3.63) is 82.4 Å². The van der Waals surface area contributed by atoms with E-state index in [1.807, 2.05) is 32.0 Å². The third-order valence-corrected chi connectivity index (χ3v) is 6.08. The number of ether oxygens (including phenoxy) is 3. The summed E-state index contributed by atoms with van der Waals surface area (Å²) in [4.78, 5) is 51.8. The van der Waals surface area contributed by atoms with E-state index < -0.39 is 23.8 Å². The summed E-state index contributed by atoms with van der Waals surface area (Å²) >= 11 is 6.49. The highest BCUT2D eigenvalue weighted by atomic mass is 35.5. The number of aryl methyl sites for hydroxylation is 1. The summed E-state index contributed by atoms with van der Waals surface area (Å²) in [6, 6.07) is 15.8. The molecule has 11 heteroatoms. The number of barbiturate groups is 1. The molecule has 0 bridgehead atoms. The molecule has 0 unspecified atom stereocenters. The van der Waals surface area contributed by atoms with Crippen molar-refractivity contribution in [2.75, 3.05) is 30.0 Å². The molecule has 0 saturated carbocycles. The average Bonchev–Trinajstić information content (AvgIpc) is 2.92. The SMILES string of the molecule is CCOc1ccc(N2C(=O)NC(=O)/C(=C\c3cc(Cl)c(OCC(=O)Nc4cccc(C)c4)c(OCC)c3)C2=O)cc1. The maximum atomic E-state index is 13.3. The second-order valence-electron chi connectivity index (χ2n) is 8.85. The number of nitrogens with one attached hydrogen (secondary N) is 2. The summed E-state index contributed by atoms with van der Waals surface area (Å²) in [6.45, 7) is 5.88. The van der Waals surface area contributed by atoms with E-state index in [0.29, 0.717) is 23.6 Å². The van der Waals surface area contributed by atoms with Crippen LogP contribution in [0.2, 0.25) is 5.02 Å². The number of anilines is 2. The lowest BCUT2D eigenvalue weighted by Crippen LogP contribution is -2.54. The van der Waals surface area contributed by atoms with Gasteiger partial charge in [0.15, 0.2) is 18.1 Å². The first-order chi connectivity index (χ1) is 19.7. The molecule has 1 fully saturated rings. The van der Waals surface area contributed by atoms with E-state index in [2.05, 4.69) is 10.6 Å². The number of rotatable bonds is 10. The van der Waals surface area contributed by atoms with Gasteiger partial charge in [-0.05, 0) is 86.5 Å². The smallest absolute Gasteiger partial charge is 0.335 e. The summed E-state index contributed by atoms with van der Waals surface area (Å²) in [5.74, 6) is -1.17. The van der Waals surface area contributed by atoms with E-state index >= 15 is 0 Å². The molecule has 0 radical (unpaired) electrons. The molecule has 1 heterocycles. The first-order valence-electron chi connectivity index (χ1n) is 12.8. The molecule has 0 aromatic heterocycles. The molecule has 3 aromatic rings. The summed E-state index contributed by atoms with van der Waals surface area (Å²) in [5.41, 5.74) is 1.94. The van der Waals surface area contributed by atoms with Crippen LogP contribution in [0.15, 0.2) is 66.2 Å². The van der Waals surface area contributed by atoms with Crippen LogP contribution in [-0.2, 0) is 14.4 Å². The zero-order valence-corrected chi connectivity index (χ0v) is 23.4. The van der Waals surface area contributed by atoms with Crippen molar-refractivity contribution in [2.24, 2.45) is 0 Å². The van der Waals surface area contributed by atoms with Gasteiger partial charge in [-0.25, -0.2) is 9.69 Å². The minimum absolute atomic E-state index is 0.0919. The lowest BCUT2D eigenvalue weighted by Gasteiger charge is -2.26. The van der Waals surface area contributed by atoms with Crippen molar-refractivity contribution in [3.63, 3.8) is 0 Å². The lowest BCUT2D eigenvalue weighted by atomic mass is 10.1. The Morgan fingerprint density at radius 2 is 1.71 bits per heavy atom. The number of nitrogens with zero attached hydrogens (tertiary/aromatic N) is 1. The van der Waals surface area contributed by atoms with Gasteiger partial charge >= 0.3 is 6.03 Å². The maximum absolute atomic E-state index is 13.3. The number of imide groups is 2. The topological polar surface area (TPSA) is 123 Å². The number of hydrogen-bond acceptors (Lipinski definition) is 7. The predicted octanol–water partition coefficient (Wildman–Crippen LogP) is 5.13. The first-order valence-corrected chi connectivity index (χ1v) is 13.2. The zero-order chi connectivity index (χ0) is 29.5. The van der Waals surface area contributed by atoms with Gasteiger partial charge in [0.2, 0.25) is 0 Å². The molecular weight excluding hydrogens is 550 g/mol. The third-order valence-electron chi connectivity index (χ3n) is 5.80. The highest BCUT2D eigenvalue weighted by Crippen LogP contribution is 2.37. The van der Waals surface area contributed by atoms with Crippen LogP contribution < -0.4 is 29.7 Å². The van der Waals surface area contributed by atoms with E-state index in [-0.39, 0.29) is 41.0 Å². The second-order valence-corrected chi connectivity index (χ2v) is 9.26. The van der Waals surface area contributed by atoms with Crippen molar-refractivity contribution in [1.29, 1.82) is 0 Å². The summed E-state index contributed by atoms with van der Waals surface area (Å²) in [5, 5.41) is 5.03. The van der Waals surface area contributed by atoms with Gasteiger partial charge in [-0.15, -0.1) is 0 Å². The van der Waals surface area contributed by atoms with Crippen LogP contribution in [0.5, 0.6) is 17.2 Å². The summed E-state index contributed by atoms with van der Waals surface area (Å²) in [6.07, 6.45) is 1.30. The number of carbonyl (C=O) groups excluding carboxylic acids is 4. The maximum Gasteiger partial charge on any atom is 0.335 e. The molecule has 212 valence electrons. The number of carbonyl (C=O) groups is 4. The Labute approximate surface area is 241 Å². The number of amides is 5. The van der Waals surface area contributed by atoms with Crippen molar-refractivity contribution >= 4 is 52.8 Å². The molecule has 0 atom stereocenters. The fourth-order valence-electron chi connectivity index (χ4n) is 4.05. The van der Waals surface area contributed by atoms with Crippen molar-refractivity contribution in [3.8, 4) is 17.2 Å². The quantitative estimate of drug-likeness (QED) is 0.253. The van der Waals surface area contributed by atoms with E-state index in [0.717, 1.165) is 10.5 Å². The standard InChI is InChI=1S/C30H28ClN3O7/c1-4-39-22-11-9-21(10-12-22)34-29(37)23(28(36)33-30(34)38)14-19-15-24(31)27(25(16-19)40-5-2)41-17-26(35)32-20-8-6-7-18(3)13-20/h6-16H,4-5,17H2,1-3H3,(H,32,35)(H,33,36,38)/b23-14+. The Bertz CT molecular complexity index is 1520. The van der Waals surface area contributed by atoms with E-state index in [9.17, 15) is 19.2 Å². The fraction of sp³-hybridized carbons (Fsp3) is 0.200. The van der Waals surface area contributed by atoms with Gasteiger partial charge in [-0.3, -0.25) is 19.7 Å². The molecule has 2 N–H and O–H groups in total. The third kappa shape index (κ3) is 7.03. The van der Waals surface area contributed by atoms with E-state index in [1.54, 1.807) is 37.3 Å². The zero-order valence-electron chi connectivity index (χ0n) is 22.7. The molecular formula is C30H28ClN3O7. The number of halogens is 1. The van der Waals surface area contributed by atoms with Crippen molar-refractivity contribution in [2.45, 2.75) is 20.8 Å². The fourth-order valence-corrected chi connectivity index (χ4v) is 4.32. The number of urea groups is 1. The van der Waals surface area contributed by atoms with Crippen LogP contribution in [0.3, 0.4) is 0 Å². The van der Waals surface area contributed by atoms with Crippen LogP contribution in [0.25, 0.3) is 6.08 Å². The van der Waals surface area contributed by atoms with Gasteiger partial charge in [0, 0.05) is 5.69 Å². The van der Waals surface area contributed by atoms with Gasteiger partial charge in [-0.1, -0.05) is 23.7 Å². The Morgan fingerprint density at radius 1 is 0.976 bits per heavy atom. The molecule has 1 saturated heterocycles. The molecule has 41 heavy (non-hydrogen) atoms. The monoisotopic (exact) mass is 577 g/mol. The van der Waals surface area contributed by atoms with Crippen LogP contribution in [-0.4, -0.2) is 43.6 Å². The number of hydrogen-bond donors (Lipinski definition) is 2. The minimum Gasteiger partial charge on any atom is -0.494 e. The molecule has 1 aliphatic rings. The Kier molecular flexibility index (Phi) is 9.26. The Morgan fingerprint density at radius 3 is 2.39 bits per heavy atom. The molecule has 10 nitrogen and oxygen atoms in total. The number of benzene rings is 3. The van der Waals surface area contributed by atoms with E-state index in [4.69, 9.17) is 25.8 Å². The summed E-state index contributed by atoms with van der Waals surface area (Å²) in [7, 11) is 0.